The molecule has 0 bridgehead atoms. The Bertz CT molecular complexity index is 190. The lowest BCUT2D eigenvalue weighted by molar-refractivity contribution is 0.170. The lowest BCUT2D eigenvalue weighted by Gasteiger charge is -2.38. The second-order valence-electron chi connectivity index (χ2n) is 6.05. The van der Waals surface area contributed by atoms with Crippen molar-refractivity contribution < 1.29 is 0 Å². The Morgan fingerprint density at radius 1 is 1.18 bits per heavy atom. The van der Waals surface area contributed by atoms with Crippen molar-refractivity contribution in [3.8, 4) is 0 Å². The minimum Gasteiger partial charge on any atom is -0.314 e. The maximum absolute atomic E-state index is 3.78. The van der Waals surface area contributed by atoms with Gasteiger partial charge in [-0.15, -0.1) is 0 Å². The Labute approximate surface area is 109 Å². The summed E-state index contributed by atoms with van der Waals surface area (Å²) < 4.78 is 0. The van der Waals surface area contributed by atoms with Gasteiger partial charge in [0.25, 0.3) is 0 Å². The molecule has 0 aliphatic heterocycles. The maximum atomic E-state index is 3.78. The summed E-state index contributed by atoms with van der Waals surface area (Å²) in [6.45, 7) is 10.5. The van der Waals surface area contributed by atoms with Gasteiger partial charge in [-0.1, -0.05) is 53.4 Å². The van der Waals surface area contributed by atoms with Crippen LogP contribution in [0, 0.1) is 17.8 Å². The van der Waals surface area contributed by atoms with Gasteiger partial charge in [0.2, 0.25) is 0 Å². The molecule has 0 amide bonds. The van der Waals surface area contributed by atoms with Crippen molar-refractivity contribution in [3.05, 3.63) is 0 Å². The van der Waals surface area contributed by atoms with Gasteiger partial charge < -0.3 is 5.32 Å². The molecule has 1 aliphatic rings. The van der Waals surface area contributed by atoms with E-state index in [2.05, 4.69) is 33.0 Å². The molecule has 17 heavy (non-hydrogen) atoms. The van der Waals surface area contributed by atoms with Crippen molar-refractivity contribution in [2.45, 2.75) is 78.7 Å². The molecule has 1 heteroatoms. The van der Waals surface area contributed by atoms with Crippen molar-refractivity contribution >= 4 is 0 Å². The average Bonchev–Trinajstić information content (AvgIpc) is 2.36. The first kappa shape index (κ1) is 15.0. The monoisotopic (exact) mass is 239 g/mol. The molecule has 1 fully saturated rings. The summed E-state index contributed by atoms with van der Waals surface area (Å²) in [5.41, 5.74) is 0. The highest BCUT2D eigenvalue weighted by Crippen LogP contribution is 2.35. The van der Waals surface area contributed by atoms with Crippen molar-refractivity contribution in [1.82, 2.24) is 5.32 Å². The van der Waals surface area contributed by atoms with Gasteiger partial charge in [-0.25, -0.2) is 0 Å². The third-order valence-electron chi connectivity index (χ3n) is 4.71. The van der Waals surface area contributed by atoms with E-state index in [1.165, 1.54) is 44.9 Å². The molecule has 0 saturated heterocycles. The standard InChI is InChI=1S/C16H33N/c1-5-9-13(4)16(17-7-3)15-11-8-10-14(6-2)12-15/h13-17H,5-12H2,1-4H3. The average molecular weight is 239 g/mol. The summed E-state index contributed by atoms with van der Waals surface area (Å²) in [4.78, 5) is 0. The van der Waals surface area contributed by atoms with Crippen LogP contribution >= 0.6 is 0 Å². The van der Waals surface area contributed by atoms with Gasteiger partial charge in [0, 0.05) is 6.04 Å². The third kappa shape index (κ3) is 4.62. The van der Waals surface area contributed by atoms with Gasteiger partial charge in [-0.05, 0) is 43.6 Å². The summed E-state index contributed by atoms with van der Waals surface area (Å²) in [6.07, 6.45) is 9.97. The van der Waals surface area contributed by atoms with Crippen molar-refractivity contribution in [1.29, 1.82) is 0 Å². The lowest BCUT2D eigenvalue weighted by Crippen LogP contribution is -2.43. The van der Waals surface area contributed by atoms with Crippen LogP contribution in [0.25, 0.3) is 0 Å². The Morgan fingerprint density at radius 3 is 2.53 bits per heavy atom. The molecule has 4 atom stereocenters. The van der Waals surface area contributed by atoms with Crippen LogP contribution in [0.3, 0.4) is 0 Å². The maximum Gasteiger partial charge on any atom is 0.0121 e. The molecule has 0 spiro atoms. The first-order valence-corrected chi connectivity index (χ1v) is 7.96. The normalized spacial score (nSPS) is 28.9. The SMILES string of the molecule is CCCC(C)C(NCC)C1CCCC(CC)C1. The summed E-state index contributed by atoms with van der Waals surface area (Å²) >= 11 is 0. The smallest absolute Gasteiger partial charge is 0.0121 e. The van der Waals surface area contributed by atoms with Crippen LogP contribution in [0.4, 0.5) is 0 Å². The summed E-state index contributed by atoms with van der Waals surface area (Å²) in [6, 6.07) is 0.772. The summed E-state index contributed by atoms with van der Waals surface area (Å²) in [5, 5.41) is 3.78. The van der Waals surface area contributed by atoms with Crippen LogP contribution in [0.2, 0.25) is 0 Å². The highest BCUT2D eigenvalue weighted by molar-refractivity contribution is 4.85. The zero-order valence-corrected chi connectivity index (χ0v) is 12.5. The van der Waals surface area contributed by atoms with E-state index in [4.69, 9.17) is 0 Å². The minimum absolute atomic E-state index is 0.772. The van der Waals surface area contributed by atoms with Crippen molar-refractivity contribution in [3.63, 3.8) is 0 Å². The fourth-order valence-electron chi connectivity index (χ4n) is 3.73. The van der Waals surface area contributed by atoms with E-state index in [-0.39, 0.29) is 0 Å². The molecular weight excluding hydrogens is 206 g/mol. The zero-order chi connectivity index (χ0) is 12.7. The molecule has 0 radical (unpaired) electrons. The fourth-order valence-corrected chi connectivity index (χ4v) is 3.73. The van der Waals surface area contributed by atoms with Crippen LogP contribution in [-0.2, 0) is 0 Å². The van der Waals surface area contributed by atoms with Crippen LogP contribution in [0.5, 0.6) is 0 Å². The molecule has 1 aliphatic carbocycles. The van der Waals surface area contributed by atoms with E-state index >= 15 is 0 Å². The van der Waals surface area contributed by atoms with Gasteiger partial charge in [0.05, 0.1) is 0 Å². The lowest BCUT2D eigenvalue weighted by atomic mass is 9.73. The van der Waals surface area contributed by atoms with E-state index in [1.54, 1.807) is 0 Å². The van der Waals surface area contributed by atoms with E-state index in [0.29, 0.717) is 0 Å². The molecule has 0 aromatic carbocycles. The van der Waals surface area contributed by atoms with E-state index in [0.717, 1.165) is 30.3 Å². The Morgan fingerprint density at radius 2 is 1.94 bits per heavy atom. The van der Waals surface area contributed by atoms with Crippen LogP contribution in [0.1, 0.15) is 72.6 Å². The van der Waals surface area contributed by atoms with Crippen LogP contribution in [0.15, 0.2) is 0 Å². The quantitative estimate of drug-likeness (QED) is 0.683. The summed E-state index contributed by atoms with van der Waals surface area (Å²) in [7, 11) is 0. The Balaban J connectivity index is 2.55. The van der Waals surface area contributed by atoms with Crippen LogP contribution in [-0.4, -0.2) is 12.6 Å². The van der Waals surface area contributed by atoms with Gasteiger partial charge in [0.1, 0.15) is 0 Å². The molecule has 0 heterocycles. The molecule has 1 N–H and O–H groups in total. The predicted molar refractivity (Wildman–Crippen MR) is 77.3 cm³/mol. The molecular formula is C16H33N. The first-order chi connectivity index (χ1) is 8.22. The molecule has 0 aromatic heterocycles. The van der Waals surface area contributed by atoms with Gasteiger partial charge in [0.15, 0.2) is 0 Å². The zero-order valence-electron chi connectivity index (χ0n) is 12.5. The largest absolute Gasteiger partial charge is 0.314 e. The number of nitrogens with one attached hydrogen (secondary N) is 1. The molecule has 102 valence electrons. The predicted octanol–water partition coefficient (Wildman–Crippen LogP) is 4.62. The Hall–Kier alpha value is -0.0400. The van der Waals surface area contributed by atoms with Crippen molar-refractivity contribution in [2.24, 2.45) is 17.8 Å². The molecule has 1 rings (SSSR count). The molecule has 0 aromatic rings. The Kier molecular flexibility index (Phi) is 7.18. The second-order valence-corrected chi connectivity index (χ2v) is 6.05. The highest BCUT2D eigenvalue weighted by atomic mass is 14.9. The molecule has 1 nitrogen and oxygen atoms in total. The number of hydrogen-bond donors (Lipinski definition) is 1. The van der Waals surface area contributed by atoms with E-state index in [1.807, 2.05) is 0 Å². The van der Waals surface area contributed by atoms with Crippen LogP contribution < -0.4 is 5.32 Å². The highest BCUT2D eigenvalue weighted by Gasteiger charge is 2.30. The topological polar surface area (TPSA) is 12.0 Å². The van der Waals surface area contributed by atoms with E-state index in [9.17, 15) is 0 Å². The second kappa shape index (κ2) is 8.13. The van der Waals surface area contributed by atoms with Gasteiger partial charge in [-0.2, -0.15) is 0 Å². The minimum atomic E-state index is 0.772. The fraction of sp³-hybridized carbons (Fsp3) is 1.00. The summed E-state index contributed by atoms with van der Waals surface area (Å²) in [5.74, 6) is 2.79. The molecule has 4 unspecified atom stereocenters. The first-order valence-electron chi connectivity index (χ1n) is 7.96. The van der Waals surface area contributed by atoms with Gasteiger partial charge >= 0.3 is 0 Å². The third-order valence-corrected chi connectivity index (χ3v) is 4.71. The van der Waals surface area contributed by atoms with Gasteiger partial charge in [-0.3, -0.25) is 0 Å². The van der Waals surface area contributed by atoms with E-state index < -0.39 is 0 Å². The number of hydrogen-bond acceptors (Lipinski definition) is 1. The molecule has 1 saturated carbocycles. The number of rotatable bonds is 7. The van der Waals surface area contributed by atoms with Crippen molar-refractivity contribution in [2.75, 3.05) is 6.54 Å².